The van der Waals surface area contributed by atoms with Crippen molar-refractivity contribution in [2.75, 3.05) is 19.6 Å². The minimum absolute atomic E-state index is 0.177. The second-order valence-electron chi connectivity index (χ2n) is 9.30. The Kier molecular flexibility index (Phi) is 7.09. The summed E-state index contributed by atoms with van der Waals surface area (Å²) in [7, 11) is 0. The number of nitrogens with zero attached hydrogens (tertiary/aromatic N) is 2. The molecule has 0 spiro atoms. The van der Waals surface area contributed by atoms with Gasteiger partial charge < -0.3 is 9.64 Å². The van der Waals surface area contributed by atoms with Crippen LogP contribution in [0.25, 0.3) is 16.8 Å². The Bertz CT molecular complexity index is 1340. The summed E-state index contributed by atoms with van der Waals surface area (Å²) < 4.78 is 6.16. The second kappa shape index (κ2) is 10.6. The number of hydrogen-bond donors (Lipinski definition) is 0. The minimum atomic E-state index is -0.437. The Labute approximate surface area is 214 Å². The van der Waals surface area contributed by atoms with E-state index in [1.54, 1.807) is 11.0 Å². The lowest BCUT2D eigenvalue weighted by atomic mass is 9.99. The van der Waals surface area contributed by atoms with Crippen LogP contribution >= 0.6 is 11.8 Å². The minimum Gasteiger partial charge on any atom is -0.488 e. The van der Waals surface area contributed by atoms with Crippen molar-refractivity contribution in [2.45, 2.75) is 26.4 Å². The molecule has 2 heterocycles. The van der Waals surface area contributed by atoms with Gasteiger partial charge in [0.25, 0.3) is 11.1 Å². The van der Waals surface area contributed by atoms with Gasteiger partial charge in [0.05, 0.1) is 4.91 Å². The maximum absolute atomic E-state index is 13.0. The van der Waals surface area contributed by atoms with E-state index in [4.69, 9.17) is 4.74 Å². The highest BCUT2D eigenvalue weighted by Crippen LogP contribution is 2.34. The lowest BCUT2D eigenvalue weighted by molar-refractivity contribution is -0.136. The highest BCUT2D eigenvalue weighted by atomic mass is 32.2. The van der Waals surface area contributed by atoms with E-state index in [0.29, 0.717) is 41.8 Å². The van der Waals surface area contributed by atoms with Gasteiger partial charge in [0.1, 0.15) is 18.9 Å². The van der Waals surface area contributed by atoms with Crippen molar-refractivity contribution >= 4 is 45.7 Å². The van der Waals surface area contributed by atoms with Crippen LogP contribution in [0, 0.1) is 5.92 Å². The summed E-state index contributed by atoms with van der Waals surface area (Å²) in [4.78, 5) is 41.4. The zero-order chi connectivity index (χ0) is 25.1. The van der Waals surface area contributed by atoms with Gasteiger partial charge in [-0.25, -0.2) is 0 Å². The monoisotopic (exact) mass is 500 g/mol. The van der Waals surface area contributed by atoms with Crippen LogP contribution < -0.4 is 4.74 Å². The maximum atomic E-state index is 13.0. The average molecular weight is 501 g/mol. The van der Waals surface area contributed by atoms with Crippen LogP contribution in [-0.4, -0.2) is 46.5 Å². The smallest absolute Gasteiger partial charge is 0.294 e. The molecule has 0 bridgehead atoms. The van der Waals surface area contributed by atoms with Crippen molar-refractivity contribution < 1.29 is 19.1 Å². The molecule has 0 saturated carbocycles. The third-order valence-electron chi connectivity index (χ3n) is 6.77. The lowest BCUT2D eigenvalue weighted by Crippen LogP contribution is -2.45. The summed E-state index contributed by atoms with van der Waals surface area (Å²) >= 11 is 0.863. The van der Waals surface area contributed by atoms with Crippen LogP contribution in [0.2, 0.25) is 0 Å². The highest BCUT2D eigenvalue weighted by Gasteiger charge is 2.37. The fourth-order valence-electron chi connectivity index (χ4n) is 4.58. The number of benzene rings is 3. The molecule has 0 atom stereocenters. The first-order chi connectivity index (χ1) is 17.5. The van der Waals surface area contributed by atoms with Crippen LogP contribution in [-0.2, 0) is 16.2 Å². The molecule has 0 radical (unpaired) electrons. The molecule has 3 aromatic rings. The number of likely N-dealkylation sites (tertiary alicyclic amines) is 1. The number of rotatable bonds is 6. The Morgan fingerprint density at radius 3 is 2.56 bits per heavy atom. The summed E-state index contributed by atoms with van der Waals surface area (Å²) in [6.45, 7) is 3.68. The number of carbonyl (C=O) groups excluding carboxylic acids is 3. The number of amides is 3. The van der Waals surface area contributed by atoms with Crippen molar-refractivity contribution in [1.29, 1.82) is 0 Å². The number of ether oxygens (including phenoxy) is 1. The van der Waals surface area contributed by atoms with Crippen LogP contribution in [0.3, 0.4) is 0 Å². The first-order valence-corrected chi connectivity index (χ1v) is 13.0. The highest BCUT2D eigenvalue weighted by molar-refractivity contribution is 8.18. The Morgan fingerprint density at radius 1 is 1.00 bits per heavy atom. The standard InChI is InChI=1S/C29H28N2O4S/c1-20-13-15-30(16-14-20)27(32)18-31-28(33)26(36-29(31)34)17-22-8-3-5-12-25(22)35-19-23-10-6-9-21-7-2-4-11-24(21)23/h2-12,17,20H,13-16,18-19H2,1H3/b26-17-. The summed E-state index contributed by atoms with van der Waals surface area (Å²) in [5.74, 6) is 0.602. The van der Waals surface area contributed by atoms with Gasteiger partial charge in [-0.1, -0.05) is 67.6 Å². The van der Waals surface area contributed by atoms with Gasteiger partial charge in [-0.2, -0.15) is 0 Å². The van der Waals surface area contributed by atoms with Crippen molar-refractivity contribution in [1.82, 2.24) is 9.80 Å². The molecule has 0 aromatic heterocycles. The molecule has 2 fully saturated rings. The fraction of sp³-hybridized carbons (Fsp3) is 0.276. The summed E-state index contributed by atoms with van der Waals surface area (Å²) in [5.41, 5.74) is 1.77. The molecule has 2 saturated heterocycles. The quantitative estimate of drug-likeness (QED) is 0.406. The number of imide groups is 1. The molecule has 36 heavy (non-hydrogen) atoms. The van der Waals surface area contributed by atoms with Gasteiger partial charge in [-0.3, -0.25) is 19.3 Å². The molecule has 2 aliphatic rings. The molecule has 0 aliphatic carbocycles. The van der Waals surface area contributed by atoms with Crippen LogP contribution in [0.4, 0.5) is 4.79 Å². The first kappa shape index (κ1) is 24.1. The molecule has 6 nitrogen and oxygen atoms in total. The van der Waals surface area contributed by atoms with Gasteiger partial charge in [-0.05, 0) is 59.0 Å². The largest absolute Gasteiger partial charge is 0.488 e. The van der Waals surface area contributed by atoms with Gasteiger partial charge in [0.15, 0.2) is 0 Å². The predicted molar refractivity (Wildman–Crippen MR) is 142 cm³/mol. The van der Waals surface area contributed by atoms with E-state index in [-0.39, 0.29) is 12.5 Å². The molecule has 0 N–H and O–H groups in total. The number of piperidine rings is 1. The summed E-state index contributed by atoms with van der Waals surface area (Å²) in [5, 5.41) is 1.86. The normalized spacial score (nSPS) is 17.9. The van der Waals surface area contributed by atoms with Crippen molar-refractivity contribution in [3.05, 3.63) is 82.8 Å². The van der Waals surface area contributed by atoms with E-state index < -0.39 is 11.1 Å². The number of hydrogen-bond acceptors (Lipinski definition) is 5. The third-order valence-corrected chi connectivity index (χ3v) is 7.68. The van der Waals surface area contributed by atoms with Crippen molar-refractivity contribution in [3.63, 3.8) is 0 Å². The fourth-order valence-corrected chi connectivity index (χ4v) is 5.41. The Morgan fingerprint density at radius 2 is 1.72 bits per heavy atom. The average Bonchev–Trinajstić information content (AvgIpc) is 3.15. The van der Waals surface area contributed by atoms with Gasteiger partial charge in [0.2, 0.25) is 5.91 Å². The SMILES string of the molecule is CC1CCN(C(=O)CN2C(=O)S/C(=C\c3ccccc3OCc3cccc4ccccc34)C2=O)CC1. The Hall–Kier alpha value is -3.58. The number of para-hydroxylation sites is 1. The summed E-state index contributed by atoms with van der Waals surface area (Å²) in [6.07, 6.45) is 3.57. The molecular formula is C29H28N2O4S. The van der Waals surface area contributed by atoms with Crippen LogP contribution in [0.5, 0.6) is 5.75 Å². The van der Waals surface area contributed by atoms with E-state index in [1.807, 2.05) is 48.5 Å². The molecule has 184 valence electrons. The van der Waals surface area contributed by atoms with Crippen molar-refractivity contribution in [3.8, 4) is 5.75 Å². The van der Waals surface area contributed by atoms with Gasteiger partial charge >= 0.3 is 0 Å². The summed E-state index contributed by atoms with van der Waals surface area (Å²) in [6, 6.07) is 21.7. The number of fused-ring (bicyclic) bond motifs is 1. The number of carbonyl (C=O) groups is 3. The number of thioether (sulfide) groups is 1. The van der Waals surface area contributed by atoms with Crippen molar-refractivity contribution in [2.24, 2.45) is 5.92 Å². The maximum Gasteiger partial charge on any atom is 0.294 e. The zero-order valence-electron chi connectivity index (χ0n) is 20.2. The lowest BCUT2D eigenvalue weighted by Gasteiger charge is -2.31. The molecule has 2 aliphatic heterocycles. The van der Waals surface area contributed by atoms with E-state index in [2.05, 4.69) is 25.1 Å². The predicted octanol–water partition coefficient (Wildman–Crippen LogP) is 5.71. The first-order valence-electron chi connectivity index (χ1n) is 12.2. The van der Waals surface area contributed by atoms with Gasteiger partial charge in [-0.15, -0.1) is 0 Å². The van der Waals surface area contributed by atoms with Crippen LogP contribution in [0.1, 0.15) is 30.9 Å². The topological polar surface area (TPSA) is 66.9 Å². The molecule has 3 amide bonds. The Balaban J connectivity index is 1.30. The molecule has 3 aromatic carbocycles. The third kappa shape index (κ3) is 5.16. The van der Waals surface area contributed by atoms with E-state index in [0.717, 1.165) is 45.8 Å². The van der Waals surface area contributed by atoms with Crippen LogP contribution in [0.15, 0.2) is 71.6 Å². The van der Waals surface area contributed by atoms with E-state index in [1.165, 1.54) is 0 Å². The molecule has 7 heteroatoms. The second-order valence-corrected chi connectivity index (χ2v) is 10.3. The molecule has 0 unspecified atom stereocenters. The van der Waals surface area contributed by atoms with E-state index >= 15 is 0 Å². The van der Waals surface area contributed by atoms with Gasteiger partial charge in [0, 0.05) is 18.7 Å². The van der Waals surface area contributed by atoms with E-state index in [9.17, 15) is 14.4 Å². The molecule has 5 rings (SSSR count). The molecular weight excluding hydrogens is 472 g/mol. The zero-order valence-corrected chi connectivity index (χ0v) is 21.0.